The summed E-state index contributed by atoms with van der Waals surface area (Å²) in [6, 6.07) is 63.0. The molecule has 52 heavy (non-hydrogen) atoms. The standard InChI is InChI=1S/C47H29N5/c48-30-34-17-7-10-20-41(34)52-43-22-12-9-19-38(43)45-44(52)28-27-37-36-18-8-11-21-42(36)51(46(37)45)35-25-23-32(24-26-35)40-29-39(31-13-3-1-4-14-31)49-47(50-40)33-15-5-2-6-16-33/h1-29H. The van der Waals surface area contributed by atoms with Gasteiger partial charge in [-0.15, -0.1) is 0 Å². The second-order valence-corrected chi connectivity index (χ2v) is 12.9. The van der Waals surface area contributed by atoms with Gasteiger partial charge in [0.1, 0.15) is 6.07 Å². The Hall–Kier alpha value is -7.29. The van der Waals surface area contributed by atoms with Crippen LogP contribution in [-0.4, -0.2) is 19.1 Å². The highest BCUT2D eigenvalue weighted by Gasteiger charge is 2.21. The first-order valence-corrected chi connectivity index (χ1v) is 17.3. The van der Waals surface area contributed by atoms with Crippen molar-refractivity contribution >= 4 is 43.6 Å². The first-order valence-electron chi connectivity index (χ1n) is 17.3. The van der Waals surface area contributed by atoms with Crippen LogP contribution in [0.2, 0.25) is 0 Å². The van der Waals surface area contributed by atoms with E-state index in [4.69, 9.17) is 9.97 Å². The molecular weight excluding hydrogens is 635 g/mol. The molecule has 5 heteroatoms. The predicted molar refractivity (Wildman–Crippen MR) is 212 cm³/mol. The maximum atomic E-state index is 10.1. The lowest BCUT2D eigenvalue weighted by Gasteiger charge is -2.12. The Bertz CT molecular complexity index is 2950. The van der Waals surface area contributed by atoms with Crippen LogP contribution in [0.4, 0.5) is 0 Å². The van der Waals surface area contributed by atoms with Crippen molar-refractivity contribution in [3.8, 4) is 51.3 Å². The van der Waals surface area contributed by atoms with Crippen LogP contribution in [0.15, 0.2) is 176 Å². The maximum absolute atomic E-state index is 10.1. The Kier molecular flexibility index (Phi) is 6.80. The maximum Gasteiger partial charge on any atom is 0.160 e. The van der Waals surface area contributed by atoms with Crippen LogP contribution in [-0.2, 0) is 0 Å². The summed E-state index contributed by atoms with van der Waals surface area (Å²) < 4.78 is 4.62. The zero-order valence-electron chi connectivity index (χ0n) is 28.0. The van der Waals surface area contributed by atoms with E-state index in [1.807, 2.05) is 60.7 Å². The minimum Gasteiger partial charge on any atom is -0.309 e. The number of aromatic nitrogens is 4. The molecule has 3 aromatic heterocycles. The van der Waals surface area contributed by atoms with Crippen LogP contribution < -0.4 is 0 Å². The molecule has 242 valence electrons. The molecule has 0 atom stereocenters. The summed E-state index contributed by atoms with van der Waals surface area (Å²) in [5, 5.41) is 14.8. The second-order valence-electron chi connectivity index (χ2n) is 12.9. The zero-order chi connectivity index (χ0) is 34.6. The Balaban J connectivity index is 1.20. The summed E-state index contributed by atoms with van der Waals surface area (Å²) in [6.45, 7) is 0. The van der Waals surface area contributed by atoms with Gasteiger partial charge in [-0.25, -0.2) is 9.97 Å². The van der Waals surface area contributed by atoms with Gasteiger partial charge in [0.05, 0.1) is 44.7 Å². The third kappa shape index (κ3) is 4.63. The fourth-order valence-electron chi connectivity index (χ4n) is 7.65. The highest BCUT2D eigenvalue weighted by Crippen LogP contribution is 2.42. The van der Waals surface area contributed by atoms with Crippen molar-refractivity contribution in [1.82, 2.24) is 19.1 Å². The minimum atomic E-state index is 0.636. The lowest BCUT2D eigenvalue weighted by molar-refractivity contribution is 1.16. The molecular formula is C47H29N5. The summed E-state index contributed by atoms with van der Waals surface area (Å²) in [7, 11) is 0. The van der Waals surface area contributed by atoms with Gasteiger partial charge in [0, 0.05) is 43.9 Å². The Morgan fingerprint density at radius 1 is 0.442 bits per heavy atom. The molecule has 0 saturated heterocycles. The number of nitriles is 1. The van der Waals surface area contributed by atoms with Gasteiger partial charge < -0.3 is 9.13 Å². The molecule has 0 fully saturated rings. The molecule has 0 amide bonds. The van der Waals surface area contributed by atoms with Gasteiger partial charge in [0.25, 0.3) is 0 Å². The van der Waals surface area contributed by atoms with Gasteiger partial charge in [-0.2, -0.15) is 5.26 Å². The molecule has 0 aliphatic heterocycles. The van der Waals surface area contributed by atoms with Gasteiger partial charge >= 0.3 is 0 Å². The first-order chi connectivity index (χ1) is 25.8. The van der Waals surface area contributed by atoms with Gasteiger partial charge in [0.2, 0.25) is 0 Å². The number of fused-ring (bicyclic) bond motifs is 7. The van der Waals surface area contributed by atoms with E-state index < -0.39 is 0 Å². The number of benzene rings is 7. The van der Waals surface area contributed by atoms with Crippen molar-refractivity contribution in [2.75, 3.05) is 0 Å². The Morgan fingerprint density at radius 2 is 1.02 bits per heavy atom. The van der Waals surface area contributed by atoms with E-state index in [1.54, 1.807) is 0 Å². The molecule has 0 unspecified atom stereocenters. The van der Waals surface area contributed by atoms with Crippen molar-refractivity contribution in [1.29, 1.82) is 5.26 Å². The lowest BCUT2D eigenvalue weighted by Crippen LogP contribution is -1.98. The molecule has 0 aliphatic carbocycles. The van der Waals surface area contributed by atoms with Crippen molar-refractivity contribution in [3.05, 3.63) is 181 Å². The number of para-hydroxylation sites is 3. The lowest BCUT2D eigenvalue weighted by atomic mass is 10.1. The van der Waals surface area contributed by atoms with E-state index in [0.717, 1.165) is 72.3 Å². The molecule has 0 radical (unpaired) electrons. The summed E-state index contributed by atoms with van der Waals surface area (Å²) in [5.41, 5.74) is 11.7. The van der Waals surface area contributed by atoms with Crippen molar-refractivity contribution in [2.45, 2.75) is 0 Å². The van der Waals surface area contributed by atoms with Gasteiger partial charge in [-0.05, 0) is 48.5 Å². The first kappa shape index (κ1) is 29.6. The van der Waals surface area contributed by atoms with Crippen LogP contribution in [0.3, 0.4) is 0 Å². The molecule has 0 spiro atoms. The highest BCUT2D eigenvalue weighted by molar-refractivity contribution is 6.26. The zero-order valence-corrected chi connectivity index (χ0v) is 28.0. The van der Waals surface area contributed by atoms with Crippen LogP contribution in [0.1, 0.15) is 5.56 Å². The van der Waals surface area contributed by atoms with E-state index in [9.17, 15) is 5.26 Å². The third-order valence-electron chi connectivity index (χ3n) is 9.98. The van der Waals surface area contributed by atoms with Crippen molar-refractivity contribution in [3.63, 3.8) is 0 Å². The molecule has 7 aromatic carbocycles. The number of hydrogen-bond acceptors (Lipinski definition) is 3. The highest BCUT2D eigenvalue weighted by atomic mass is 15.0. The number of hydrogen-bond donors (Lipinski definition) is 0. The topological polar surface area (TPSA) is 59.4 Å². The van der Waals surface area contributed by atoms with E-state index in [2.05, 4.69) is 130 Å². The van der Waals surface area contributed by atoms with E-state index in [-0.39, 0.29) is 0 Å². The molecule has 10 aromatic rings. The van der Waals surface area contributed by atoms with Gasteiger partial charge in [-0.3, -0.25) is 0 Å². The fraction of sp³-hybridized carbons (Fsp3) is 0. The quantitative estimate of drug-likeness (QED) is 0.184. The molecule has 0 saturated carbocycles. The average molecular weight is 664 g/mol. The summed E-state index contributed by atoms with van der Waals surface area (Å²) in [4.78, 5) is 10.0. The summed E-state index contributed by atoms with van der Waals surface area (Å²) >= 11 is 0. The summed E-state index contributed by atoms with van der Waals surface area (Å²) in [6.07, 6.45) is 0. The van der Waals surface area contributed by atoms with E-state index >= 15 is 0 Å². The van der Waals surface area contributed by atoms with Gasteiger partial charge in [-0.1, -0.05) is 127 Å². The van der Waals surface area contributed by atoms with Crippen molar-refractivity contribution in [2.24, 2.45) is 0 Å². The van der Waals surface area contributed by atoms with Crippen molar-refractivity contribution < 1.29 is 0 Å². The van der Waals surface area contributed by atoms with Crippen LogP contribution in [0.5, 0.6) is 0 Å². The largest absolute Gasteiger partial charge is 0.309 e. The van der Waals surface area contributed by atoms with E-state index in [1.165, 1.54) is 10.8 Å². The van der Waals surface area contributed by atoms with Gasteiger partial charge in [0.15, 0.2) is 5.82 Å². The average Bonchev–Trinajstić information content (AvgIpc) is 3.74. The predicted octanol–water partition coefficient (Wildman–Crippen LogP) is 11.5. The molecule has 0 N–H and O–H groups in total. The number of rotatable bonds is 5. The van der Waals surface area contributed by atoms with E-state index in [0.29, 0.717) is 11.4 Å². The SMILES string of the molecule is N#Cc1ccccc1-n1c2ccccc2c2c1ccc1c3ccccc3n(-c3ccc(-c4cc(-c5ccccc5)nc(-c5ccccc5)n4)cc3)c12. The molecule has 0 bridgehead atoms. The minimum absolute atomic E-state index is 0.636. The van der Waals surface area contributed by atoms with Crippen LogP contribution in [0, 0.1) is 11.3 Å². The number of nitrogens with zero attached hydrogens (tertiary/aromatic N) is 5. The normalized spacial score (nSPS) is 11.4. The summed E-state index contributed by atoms with van der Waals surface area (Å²) in [5.74, 6) is 0.695. The third-order valence-corrected chi connectivity index (χ3v) is 9.98. The van der Waals surface area contributed by atoms with Crippen LogP contribution >= 0.6 is 0 Å². The monoisotopic (exact) mass is 663 g/mol. The Labute approximate surface area is 299 Å². The molecule has 10 rings (SSSR count). The van der Waals surface area contributed by atoms with Crippen LogP contribution in [0.25, 0.3) is 88.9 Å². The molecule has 5 nitrogen and oxygen atoms in total. The smallest absolute Gasteiger partial charge is 0.160 e. The second kappa shape index (κ2) is 11.9. The fourth-order valence-corrected chi connectivity index (χ4v) is 7.65. The molecule has 0 aliphatic rings. The molecule has 3 heterocycles. The Morgan fingerprint density at radius 3 is 1.73 bits per heavy atom.